The normalized spacial score (nSPS) is 22.8. The topological polar surface area (TPSA) is 143 Å². The SMILES string of the molecule is CO[C@H]1CN(C)C(=O)[C@@H]2C[C@@H](CN2c2nc(N3CCC34CCN(C(=O)C(F)F)C4)nc3c2cnn3-c2ccc(F)cc2F)Nc2cccc(n2)-c2cc(F)cc3nc(C)n(c23)C1. The Morgan fingerprint density at radius 3 is 2.55 bits per heavy atom. The standard InChI is InChI=1S/C42H41F5N12O3/c1-22-49-31-15-24(44)13-27-30-5-4-6-34(51-30)50-25-16-33(39(60)54(2)19-26(62-3)20-56(22)35(27)31)57(18-25)37-28-17-48-59(32-8-7-23(43)14-29(32)45)38(28)53-41(52-37)58-12-10-42(58)9-11-55(21-42)40(61)36(46)47/h4-8,13-15,17,25-26,33,36H,9-12,16,18-21H2,1-3H3,(H,50,51)/t25-,26-,33-,42?/m0/s1. The third-order valence-electron chi connectivity index (χ3n) is 12.8. The lowest BCUT2D eigenvalue weighted by atomic mass is 9.84. The highest BCUT2D eigenvalue weighted by molar-refractivity contribution is 5.94. The number of nitrogens with zero attached hydrogens (tertiary/aromatic N) is 11. The van der Waals surface area contributed by atoms with Gasteiger partial charge in [-0.15, -0.1) is 0 Å². The summed E-state index contributed by atoms with van der Waals surface area (Å²) in [5, 5.41) is 8.37. The van der Waals surface area contributed by atoms with Crippen molar-refractivity contribution in [2.75, 3.05) is 62.0 Å². The van der Waals surface area contributed by atoms with E-state index in [1.54, 1.807) is 31.2 Å². The molecule has 4 aliphatic heterocycles. The van der Waals surface area contributed by atoms with Gasteiger partial charge in [0.2, 0.25) is 11.9 Å². The third-order valence-corrected chi connectivity index (χ3v) is 12.8. The molecular formula is C42H41F5N12O3. The lowest BCUT2D eigenvalue weighted by Crippen LogP contribution is -2.62. The molecule has 1 spiro atoms. The predicted molar refractivity (Wildman–Crippen MR) is 218 cm³/mol. The maximum absolute atomic E-state index is 15.4. The first-order chi connectivity index (χ1) is 29.8. The molecule has 3 saturated heterocycles. The highest BCUT2D eigenvalue weighted by Crippen LogP contribution is 2.44. The molecule has 10 rings (SSSR count). The Kier molecular flexibility index (Phi) is 9.52. The average Bonchev–Trinajstić information content (AvgIpc) is 4.04. The molecule has 0 aliphatic carbocycles. The van der Waals surface area contributed by atoms with Crippen molar-refractivity contribution in [1.82, 2.24) is 44.1 Å². The van der Waals surface area contributed by atoms with Crippen LogP contribution in [0.2, 0.25) is 0 Å². The van der Waals surface area contributed by atoms with Crippen LogP contribution in [0.1, 0.15) is 25.1 Å². The minimum Gasteiger partial charge on any atom is -0.378 e. The van der Waals surface area contributed by atoms with E-state index in [1.807, 2.05) is 27.4 Å². The molecule has 4 aliphatic rings. The van der Waals surface area contributed by atoms with Crippen LogP contribution in [0, 0.1) is 24.4 Å². The number of hydrogen-bond acceptors (Lipinski definition) is 11. The largest absolute Gasteiger partial charge is 0.378 e. The number of pyridine rings is 1. The Balaban J connectivity index is 1.09. The number of alkyl halides is 2. The number of halogens is 5. The van der Waals surface area contributed by atoms with Gasteiger partial charge in [-0.05, 0) is 56.5 Å². The fourth-order valence-corrected chi connectivity index (χ4v) is 9.62. The van der Waals surface area contributed by atoms with Crippen molar-refractivity contribution in [2.45, 2.75) is 62.9 Å². The van der Waals surface area contributed by atoms with E-state index in [-0.39, 0.29) is 62.0 Å². The predicted octanol–water partition coefficient (Wildman–Crippen LogP) is 4.95. The summed E-state index contributed by atoms with van der Waals surface area (Å²) in [6.07, 6.45) is -0.928. The van der Waals surface area contributed by atoms with Crippen LogP contribution in [-0.2, 0) is 20.9 Å². The number of nitrogens with one attached hydrogen (secondary N) is 1. The van der Waals surface area contributed by atoms with E-state index >= 15 is 8.78 Å². The molecule has 4 bridgehead atoms. The second-order valence-electron chi connectivity index (χ2n) is 16.5. The van der Waals surface area contributed by atoms with Crippen molar-refractivity contribution in [1.29, 1.82) is 0 Å². The zero-order valence-electron chi connectivity index (χ0n) is 33.9. The van der Waals surface area contributed by atoms with Crippen LogP contribution >= 0.6 is 0 Å². The zero-order valence-corrected chi connectivity index (χ0v) is 33.9. The number of likely N-dealkylation sites (tertiary alicyclic amines) is 1. The number of aromatic nitrogens is 7. The molecule has 62 heavy (non-hydrogen) atoms. The Bertz CT molecular complexity index is 2780. The number of rotatable bonds is 5. The van der Waals surface area contributed by atoms with Crippen molar-refractivity contribution in [2.24, 2.45) is 0 Å². The van der Waals surface area contributed by atoms with Gasteiger partial charge in [0, 0.05) is 70.6 Å². The smallest absolute Gasteiger partial charge is 0.315 e. The summed E-state index contributed by atoms with van der Waals surface area (Å²) < 4.78 is 81.0. The molecule has 0 radical (unpaired) electrons. The Hall–Kier alpha value is -6.44. The highest BCUT2D eigenvalue weighted by Gasteiger charge is 2.53. The van der Waals surface area contributed by atoms with Gasteiger partial charge in [-0.3, -0.25) is 9.59 Å². The van der Waals surface area contributed by atoms with Crippen LogP contribution < -0.4 is 15.1 Å². The molecule has 2 aromatic carbocycles. The van der Waals surface area contributed by atoms with E-state index in [0.29, 0.717) is 70.9 Å². The molecule has 3 fully saturated rings. The van der Waals surface area contributed by atoms with Crippen LogP contribution in [-0.4, -0.2) is 133 Å². The van der Waals surface area contributed by atoms with Crippen LogP contribution in [0.25, 0.3) is 39.0 Å². The molecule has 20 heteroatoms. The van der Waals surface area contributed by atoms with Gasteiger partial charge in [0.25, 0.3) is 5.91 Å². The number of methoxy groups -OCH3 is 1. The van der Waals surface area contributed by atoms with Crippen molar-refractivity contribution in [3.05, 3.63) is 78.0 Å². The van der Waals surface area contributed by atoms with Gasteiger partial charge in [0.1, 0.15) is 40.8 Å². The molecule has 1 unspecified atom stereocenters. The van der Waals surface area contributed by atoms with Gasteiger partial charge in [-0.1, -0.05) is 6.07 Å². The number of carbonyl (C=O) groups excluding carboxylic acids is 2. The average molecular weight is 857 g/mol. The van der Waals surface area contributed by atoms with Crippen molar-refractivity contribution in [3.8, 4) is 16.9 Å². The molecular weight excluding hydrogens is 816 g/mol. The molecule has 8 heterocycles. The minimum absolute atomic E-state index is 0.0360. The summed E-state index contributed by atoms with van der Waals surface area (Å²) in [6.45, 7) is 3.12. The summed E-state index contributed by atoms with van der Waals surface area (Å²) in [7, 11) is 3.26. The molecule has 0 saturated carbocycles. The second kappa shape index (κ2) is 14.9. The summed E-state index contributed by atoms with van der Waals surface area (Å²) in [5.41, 5.74) is 1.56. The first-order valence-electron chi connectivity index (χ1n) is 20.3. The van der Waals surface area contributed by atoms with E-state index in [1.165, 1.54) is 29.1 Å². The number of amides is 2. The van der Waals surface area contributed by atoms with E-state index in [2.05, 4.69) is 15.4 Å². The maximum atomic E-state index is 15.4. The first-order valence-corrected chi connectivity index (χ1v) is 20.3. The van der Waals surface area contributed by atoms with Gasteiger partial charge >= 0.3 is 6.43 Å². The number of ether oxygens (including phenoxy) is 1. The first kappa shape index (κ1) is 39.7. The van der Waals surface area contributed by atoms with Gasteiger partial charge in [-0.2, -0.15) is 23.8 Å². The lowest BCUT2D eigenvalue weighted by Gasteiger charge is -2.50. The molecule has 15 nitrogen and oxygen atoms in total. The second-order valence-corrected chi connectivity index (χ2v) is 16.5. The molecule has 6 aromatic rings. The number of likely N-dealkylation sites (N-methyl/N-ethyl adjacent to an activating group) is 1. The minimum atomic E-state index is -3.15. The van der Waals surface area contributed by atoms with Gasteiger partial charge in [0.05, 0.1) is 46.5 Å². The van der Waals surface area contributed by atoms with Crippen LogP contribution in [0.5, 0.6) is 0 Å². The van der Waals surface area contributed by atoms with Crippen molar-refractivity contribution >= 4 is 51.5 Å². The number of aryl methyl sites for hydroxylation is 1. The van der Waals surface area contributed by atoms with Gasteiger partial charge in [0.15, 0.2) is 11.5 Å². The van der Waals surface area contributed by atoms with Gasteiger partial charge in [-0.25, -0.2) is 27.8 Å². The van der Waals surface area contributed by atoms with Crippen LogP contribution in [0.15, 0.2) is 54.7 Å². The van der Waals surface area contributed by atoms with Crippen molar-refractivity contribution < 1.29 is 36.3 Å². The summed E-state index contributed by atoms with van der Waals surface area (Å²) in [5.74, 6) is -2.02. The molecule has 1 N–H and O–H groups in total. The highest BCUT2D eigenvalue weighted by atomic mass is 19.3. The van der Waals surface area contributed by atoms with E-state index < -0.39 is 47.5 Å². The Morgan fingerprint density at radius 2 is 1.79 bits per heavy atom. The van der Waals surface area contributed by atoms with Crippen LogP contribution in [0.4, 0.5) is 39.5 Å². The summed E-state index contributed by atoms with van der Waals surface area (Å²) in [4.78, 5) is 53.3. The number of hydrogen-bond donors (Lipinski definition) is 1. The third kappa shape index (κ3) is 6.53. The monoisotopic (exact) mass is 856 g/mol. The van der Waals surface area contributed by atoms with E-state index in [4.69, 9.17) is 19.7 Å². The van der Waals surface area contributed by atoms with Crippen molar-refractivity contribution in [3.63, 3.8) is 0 Å². The Labute approximate surface area is 351 Å². The molecule has 2 amide bonds. The van der Waals surface area contributed by atoms with E-state index in [9.17, 15) is 22.8 Å². The number of imidazole rings is 1. The molecule has 322 valence electrons. The number of benzene rings is 2. The van der Waals surface area contributed by atoms with Crippen LogP contribution in [0.3, 0.4) is 0 Å². The molecule has 4 atom stereocenters. The fraction of sp³-hybridized carbons (Fsp3) is 0.405. The van der Waals surface area contributed by atoms with Gasteiger partial charge < -0.3 is 34.2 Å². The quantitative estimate of drug-likeness (QED) is 0.236. The lowest BCUT2D eigenvalue weighted by molar-refractivity contribution is -0.142. The summed E-state index contributed by atoms with van der Waals surface area (Å²) in [6, 6.07) is 10.1. The van der Waals surface area contributed by atoms with E-state index in [0.717, 1.165) is 17.0 Å². The maximum Gasteiger partial charge on any atom is 0.315 e. The zero-order chi connectivity index (χ0) is 43.2. The Morgan fingerprint density at radius 1 is 0.968 bits per heavy atom. The number of anilines is 3. The molecule has 4 aromatic heterocycles. The number of fused-ring (bicyclic) bond motifs is 6. The number of carbonyl (C=O) groups is 2. The fourth-order valence-electron chi connectivity index (χ4n) is 9.62. The summed E-state index contributed by atoms with van der Waals surface area (Å²) >= 11 is 0.